The van der Waals surface area contributed by atoms with Crippen LogP contribution in [-0.2, 0) is 14.4 Å². The Morgan fingerprint density at radius 1 is 0.935 bits per heavy atom. The van der Waals surface area contributed by atoms with Gasteiger partial charge in [0, 0.05) is 31.8 Å². The number of nitrogens with one attached hydrogen (secondary N) is 1. The molecule has 0 aromatic heterocycles. The van der Waals surface area contributed by atoms with Gasteiger partial charge in [0.25, 0.3) is 0 Å². The summed E-state index contributed by atoms with van der Waals surface area (Å²) < 4.78 is 0. The predicted octanol–water partition coefficient (Wildman–Crippen LogP) is 4.03. The van der Waals surface area contributed by atoms with Crippen LogP contribution < -0.4 is 5.32 Å². The van der Waals surface area contributed by atoms with Gasteiger partial charge in [-0.05, 0) is 30.4 Å². The number of hydrogen-bond donors (Lipinski definition) is 1. The van der Waals surface area contributed by atoms with Crippen molar-refractivity contribution < 1.29 is 14.4 Å². The quantitative estimate of drug-likeness (QED) is 0.658. The van der Waals surface area contributed by atoms with Gasteiger partial charge in [0.1, 0.15) is 0 Å². The van der Waals surface area contributed by atoms with Gasteiger partial charge in [0.05, 0.1) is 5.41 Å². The van der Waals surface area contributed by atoms with Crippen molar-refractivity contribution in [1.82, 2.24) is 10.2 Å². The highest BCUT2D eigenvalue weighted by Crippen LogP contribution is 2.46. The molecular formula is C26H30N2O3. The van der Waals surface area contributed by atoms with E-state index in [1.54, 1.807) is 0 Å². The predicted molar refractivity (Wildman–Crippen MR) is 119 cm³/mol. The fraction of sp³-hybridized carbons (Fsp3) is 0.423. The Hall–Kier alpha value is -2.95. The minimum Gasteiger partial charge on any atom is -0.356 e. The molecule has 4 rings (SSSR count). The average Bonchev–Trinajstić information content (AvgIpc) is 3.36. The zero-order valence-electron chi connectivity index (χ0n) is 17.9. The smallest absolute Gasteiger partial charge is 0.235 e. The van der Waals surface area contributed by atoms with E-state index in [2.05, 4.69) is 29.6 Å². The Labute approximate surface area is 183 Å². The molecule has 162 valence electrons. The maximum Gasteiger partial charge on any atom is 0.235 e. The summed E-state index contributed by atoms with van der Waals surface area (Å²) in [5, 5.41) is 2.98. The maximum absolute atomic E-state index is 12.7. The highest BCUT2D eigenvalue weighted by Gasteiger charge is 2.52. The third-order valence-electron chi connectivity index (χ3n) is 6.77. The Morgan fingerprint density at radius 3 is 2.10 bits per heavy atom. The zero-order chi connectivity index (χ0) is 21.7. The number of carbonyl (C=O) groups excluding carboxylic acids is 3. The van der Waals surface area contributed by atoms with Gasteiger partial charge in [-0.3, -0.25) is 19.3 Å². The van der Waals surface area contributed by atoms with Crippen molar-refractivity contribution in [3.8, 4) is 0 Å². The Balaban J connectivity index is 1.29. The summed E-state index contributed by atoms with van der Waals surface area (Å²) in [7, 11) is 0. The van der Waals surface area contributed by atoms with Gasteiger partial charge < -0.3 is 5.32 Å². The molecule has 0 atom stereocenters. The molecule has 2 aliphatic rings. The lowest BCUT2D eigenvalue weighted by molar-refractivity contribution is -0.141. The zero-order valence-corrected chi connectivity index (χ0v) is 17.9. The molecule has 0 radical (unpaired) electrons. The number of amides is 3. The Bertz CT molecular complexity index is 881. The number of rotatable bonds is 8. The summed E-state index contributed by atoms with van der Waals surface area (Å²) in [5.41, 5.74) is 1.97. The van der Waals surface area contributed by atoms with E-state index in [0.717, 1.165) is 32.1 Å². The van der Waals surface area contributed by atoms with Crippen LogP contribution in [0.2, 0.25) is 0 Å². The molecule has 0 bridgehead atoms. The van der Waals surface area contributed by atoms with Gasteiger partial charge in [0.2, 0.25) is 17.7 Å². The molecule has 1 spiro atoms. The topological polar surface area (TPSA) is 66.5 Å². The van der Waals surface area contributed by atoms with Crippen molar-refractivity contribution in [3.05, 3.63) is 71.8 Å². The van der Waals surface area contributed by atoms with Crippen molar-refractivity contribution in [2.75, 3.05) is 13.1 Å². The first-order valence-electron chi connectivity index (χ1n) is 11.3. The molecular weight excluding hydrogens is 388 g/mol. The first-order chi connectivity index (χ1) is 15.1. The van der Waals surface area contributed by atoms with Crippen molar-refractivity contribution in [3.63, 3.8) is 0 Å². The number of imide groups is 1. The summed E-state index contributed by atoms with van der Waals surface area (Å²) in [5.74, 6) is -0.0940. The maximum atomic E-state index is 12.7. The molecule has 3 amide bonds. The number of hydrogen-bond acceptors (Lipinski definition) is 3. The normalized spacial score (nSPS) is 17.6. The molecule has 1 aliphatic carbocycles. The van der Waals surface area contributed by atoms with Crippen LogP contribution in [0.15, 0.2) is 60.7 Å². The van der Waals surface area contributed by atoms with Crippen molar-refractivity contribution in [2.45, 2.75) is 50.9 Å². The van der Waals surface area contributed by atoms with Crippen LogP contribution in [0.25, 0.3) is 0 Å². The van der Waals surface area contributed by atoms with Gasteiger partial charge in [0.15, 0.2) is 0 Å². The number of carbonyl (C=O) groups is 3. The molecule has 5 heteroatoms. The molecule has 1 saturated carbocycles. The lowest BCUT2D eigenvalue weighted by Gasteiger charge is -2.21. The lowest BCUT2D eigenvalue weighted by Crippen LogP contribution is -2.37. The lowest BCUT2D eigenvalue weighted by atomic mass is 9.84. The van der Waals surface area contributed by atoms with E-state index < -0.39 is 5.41 Å². The minimum absolute atomic E-state index is 0.0592. The van der Waals surface area contributed by atoms with Crippen LogP contribution >= 0.6 is 0 Å². The van der Waals surface area contributed by atoms with Crippen molar-refractivity contribution in [2.24, 2.45) is 5.41 Å². The van der Waals surface area contributed by atoms with Gasteiger partial charge in [-0.25, -0.2) is 0 Å². The molecule has 5 nitrogen and oxygen atoms in total. The summed E-state index contributed by atoms with van der Waals surface area (Å²) in [6.07, 6.45) is 4.90. The van der Waals surface area contributed by atoms with Crippen LogP contribution in [0.4, 0.5) is 0 Å². The van der Waals surface area contributed by atoms with Crippen molar-refractivity contribution in [1.29, 1.82) is 0 Å². The van der Waals surface area contributed by atoms with Crippen LogP contribution in [0.3, 0.4) is 0 Å². The van der Waals surface area contributed by atoms with E-state index >= 15 is 0 Å². The Morgan fingerprint density at radius 2 is 1.52 bits per heavy atom. The number of likely N-dealkylation sites (tertiary alicyclic amines) is 1. The van der Waals surface area contributed by atoms with Gasteiger partial charge in [-0.1, -0.05) is 73.5 Å². The fourth-order valence-corrected chi connectivity index (χ4v) is 5.08. The van der Waals surface area contributed by atoms with Gasteiger partial charge in [-0.15, -0.1) is 0 Å². The summed E-state index contributed by atoms with van der Waals surface area (Å²) in [6, 6.07) is 20.6. The molecule has 1 N–H and O–H groups in total. The molecule has 2 fully saturated rings. The van der Waals surface area contributed by atoms with Crippen LogP contribution in [-0.4, -0.2) is 35.7 Å². The summed E-state index contributed by atoms with van der Waals surface area (Å²) in [4.78, 5) is 38.8. The largest absolute Gasteiger partial charge is 0.356 e. The molecule has 1 aliphatic heterocycles. The monoisotopic (exact) mass is 418 g/mol. The molecule has 2 aromatic carbocycles. The Kier molecular flexibility index (Phi) is 6.50. The molecule has 0 unspecified atom stereocenters. The third kappa shape index (κ3) is 4.71. The highest BCUT2D eigenvalue weighted by atomic mass is 16.2. The average molecular weight is 419 g/mol. The number of benzene rings is 2. The highest BCUT2D eigenvalue weighted by molar-refractivity contribution is 6.06. The van der Waals surface area contributed by atoms with E-state index in [1.165, 1.54) is 16.0 Å². The van der Waals surface area contributed by atoms with Crippen LogP contribution in [0.1, 0.15) is 62.0 Å². The van der Waals surface area contributed by atoms with Crippen LogP contribution in [0.5, 0.6) is 0 Å². The number of nitrogens with zero attached hydrogens (tertiary/aromatic N) is 1. The van der Waals surface area contributed by atoms with E-state index in [1.807, 2.05) is 36.4 Å². The van der Waals surface area contributed by atoms with Crippen molar-refractivity contribution >= 4 is 17.7 Å². The second-order valence-corrected chi connectivity index (χ2v) is 8.78. The molecule has 1 heterocycles. The van der Waals surface area contributed by atoms with E-state index in [4.69, 9.17) is 0 Å². The standard InChI is InChI=1S/C26H30N2O3/c29-23(14-18-28-24(30)19-26(25(28)31)15-7-8-16-26)27-17-13-22(20-9-3-1-4-10-20)21-11-5-2-6-12-21/h1-6,9-12,22H,7-8,13-19H2,(H,27,29). The van der Waals surface area contributed by atoms with Gasteiger partial charge >= 0.3 is 0 Å². The second-order valence-electron chi connectivity index (χ2n) is 8.78. The van der Waals surface area contributed by atoms with E-state index in [0.29, 0.717) is 13.0 Å². The second kappa shape index (κ2) is 9.46. The summed E-state index contributed by atoms with van der Waals surface area (Å²) in [6.45, 7) is 0.727. The molecule has 1 saturated heterocycles. The molecule has 31 heavy (non-hydrogen) atoms. The van der Waals surface area contributed by atoms with Crippen LogP contribution in [0, 0.1) is 5.41 Å². The summed E-state index contributed by atoms with van der Waals surface area (Å²) >= 11 is 0. The minimum atomic E-state index is -0.466. The SMILES string of the molecule is O=C(CCN1C(=O)CC2(CCCC2)C1=O)NCCC(c1ccccc1)c1ccccc1. The third-order valence-corrected chi connectivity index (χ3v) is 6.77. The first-order valence-corrected chi connectivity index (χ1v) is 11.3. The van der Waals surface area contributed by atoms with E-state index in [-0.39, 0.29) is 36.6 Å². The first kappa shape index (κ1) is 21.3. The van der Waals surface area contributed by atoms with Gasteiger partial charge in [-0.2, -0.15) is 0 Å². The van der Waals surface area contributed by atoms with E-state index in [9.17, 15) is 14.4 Å². The molecule has 2 aromatic rings. The fourth-order valence-electron chi connectivity index (χ4n) is 5.08.